The van der Waals surface area contributed by atoms with Gasteiger partial charge in [0.05, 0.1) is 20.8 Å². The topological polar surface area (TPSA) is 48.0 Å². The van der Waals surface area contributed by atoms with Crippen molar-refractivity contribution in [3.63, 3.8) is 0 Å². The molecule has 0 bridgehead atoms. The summed E-state index contributed by atoms with van der Waals surface area (Å²) >= 11 is 0. The van der Waals surface area contributed by atoms with E-state index < -0.39 is 0 Å². The molecular formula is C16H23NO4. The van der Waals surface area contributed by atoms with Gasteiger partial charge in [0.1, 0.15) is 0 Å². The number of nitrogens with zero attached hydrogens (tertiary/aromatic N) is 1. The minimum atomic E-state index is 0.220. The molecule has 1 amide bonds. The first-order valence-corrected chi connectivity index (χ1v) is 7.15. The molecule has 1 aromatic rings. The SMILES string of the molecule is COCCN1C[C@H](Cc2ccc(OC)c(OC)c2)CC1=O. The minimum Gasteiger partial charge on any atom is -0.493 e. The molecule has 0 N–H and O–H groups in total. The standard InChI is InChI=1S/C16H23NO4/c1-19-7-6-17-11-13(10-16(17)18)8-12-4-5-14(20-2)15(9-12)21-3/h4-5,9,13H,6-8,10-11H2,1-3H3/t13-/m1/s1. The third kappa shape index (κ3) is 3.88. The number of likely N-dealkylation sites (tertiary alicyclic amines) is 1. The van der Waals surface area contributed by atoms with Crippen LogP contribution in [0.5, 0.6) is 11.5 Å². The number of hydrogen-bond donors (Lipinski definition) is 0. The molecule has 1 aromatic carbocycles. The maximum atomic E-state index is 11.9. The zero-order valence-electron chi connectivity index (χ0n) is 12.9. The second-order valence-corrected chi connectivity index (χ2v) is 5.30. The first-order chi connectivity index (χ1) is 10.2. The quantitative estimate of drug-likeness (QED) is 0.768. The Morgan fingerprint density at radius 2 is 1.95 bits per heavy atom. The van der Waals surface area contributed by atoms with E-state index >= 15 is 0 Å². The van der Waals surface area contributed by atoms with Crippen LogP contribution in [-0.4, -0.2) is 51.8 Å². The summed E-state index contributed by atoms with van der Waals surface area (Å²) in [6.45, 7) is 2.07. The van der Waals surface area contributed by atoms with E-state index in [9.17, 15) is 4.79 Å². The van der Waals surface area contributed by atoms with E-state index in [0.717, 1.165) is 24.5 Å². The molecular weight excluding hydrogens is 270 g/mol. The fourth-order valence-electron chi connectivity index (χ4n) is 2.75. The van der Waals surface area contributed by atoms with E-state index in [1.165, 1.54) is 5.56 Å². The maximum absolute atomic E-state index is 11.9. The van der Waals surface area contributed by atoms with E-state index in [-0.39, 0.29) is 5.91 Å². The van der Waals surface area contributed by atoms with Crippen LogP contribution in [-0.2, 0) is 16.0 Å². The average Bonchev–Trinajstić information content (AvgIpc) is 2.84. The van der Waals surface area contributed by atoms with Crippen LogP contribution in [0.1, 0.15) is 12.0 Å². The van der Waals surface area contributed by atoms with Crippen molar-refractivity contribution in [2.75, 3.05) is 41.0 Å². The van der Waals surface area contributed by atoms with E-state index in [1.807, 2.05) is 23.1 Å². The molecule has 1 atom stereocenters. The number of amides is 1. The normalized spacial score (nSPS) is 18.1. The lowest BCUT2D eigenvalue weighted by Gasteiger charge is -2.16. The van der Waals surface area contributed by atoms with Crippen LogP contribution >= 0.6 is 0 Å². The fraction of sp³-hybridized carbons (Fsp3) is 0.562. The monoisotopic (exact) mass is 293 g/mol. The van der Waals surface area contributed by atoms with Gasteiger partial charge < -0.3 is 19.1 Å². The van der Waals surface area contributed by atoms with Gasteiger partial charge >= 0.3 is 0 Å². The summed E-state index contributed by atoms with van der Waals surface area (Å²) in [5.74, 6) is 2.03. The summed E-state index contributed by atoms with van der Waals surface area (Å²) in [5, 5.41) is 0. The Hall–Kier alpha value is -1.75. The summed E-state index contributed by atoms with van der Waals surface area (Å²) in [7, 11) is 4.91. The summed E-state index contributed by atoms with van der Waals surface area (Å²) in [6.07, 6.45) is 1.48. The van der Waals surface area contributed by atoms with Crippen molar-refractivity contribution >= 4 is 5.91 Å². The highest BCUT2D eigenvalue weighted by Crippen LogP contribution is 2.30. The van der Waals surface area contributed by atoms with Gasteiger partial charge in [-0.1, -0.05) is 6.07 Å². The Bertz CT molecular complexity index is 489. The zero-order valence-corrected chi connectivity index (χ0v) is 12.9. The molecule has 116 valence electrons. The molecule has 0 aliphatic carbocycles. The van der Waals surface area contributed by atoms with Gasteiger partial charge in [0.2, 0.25) is 5.91 Å². The van der Waals surface area contributed by atoms with Crippen LogP contribution in [0.3, 0.4) is 0 Å². The third-order valence-corrected chi connectivity index (χ3v) is 3.83. The number of methoxy groups -OCH3 is 3. The Labute approximate surface area is 125 Å². The van der Waals surface area contributed by atoms with E-state index in [2.05, 4.69) is 0 Å². The molecule has 5 nitrogen and oxygen atoms in total. The predicted octanol–water partition coefficient (Wildman–Crippen LogP) is 1.74. The van der Waals surface area contributed by atoms with Gasteiger partial charge in [0, 0.05) is 26.6 Å². The van der Waals surface area contributed by atoms with Crippen molar-refractivity contribution in [1.82, 2.24) is 4.90 Å². The lowest BCUT2D eigenvalue weighted by molar-refractivity contribution is -0.128. The Balaban J connectivity index is 1.98. The minimum absolute atomic E-state index is 0.220. The smallest absolute Gasteiger partial charge is 0.223 e. The molecule has 1 saturated heterocycles. The molecule has 1 aliphatic rings. The van der Waals surface area contributed by atoms with Gasteiger partial charge in [-0.05, 0) is 30.0 Å². The Kier molecular flexibility index (Phi) is 5.44. The lowest BCUT2D eigenvalue weighted by Crippen LogP contribution is -2.28. The largest absolute Gasteiger partial charge is 0.493 e. The van der Waals surface area contributed by atoms with Gasteiger partial charge in [-0.3, -0.25) is 4.79 Å². The van der Waals surface area contributed by atoms with E-state index in [1.54, 1.807) is 21.3 Å². The first-order valence-electron chi connectivity index (χ1n) is 7.15. The number of rotatable bonds is 7. The van der Waals surface area contributed by atoms with Crippen molar-refractivity contribution < 1.29 is 19.0 Å². The van der Waals surface area contributed by atoms with Gasteiger partial charge in [-0.25, -0.2) is 0 Å². The number of carbonyl (C=O) groups excluding carboxylic acids is 1. The van der Waals surface area contributed by atoms with E-state index in [4.69, 9.17) is 14.2 Å². The van der Waals surface area contributed by atoms with Crippen molar-refractivity contribution in [2.24, 2.45) is 5.92 Å². The molecule has 0 unspecified atom stereocenters. The summed E-state index contributed by atoms with van der Waals surface area (Å²) in [4.78, 5) is 13.8. The van der Waals surface area contributed by atoms with Crippen LogP contribution in [0.15, 0.2) is 18.2 Å². The van der Waals surface area contributed by atoms with Gasteiger partial charge in [0.25, 0.3) is 0 Å². The summed E-state index contributed by atoms with van der Waals surface area (Å²) in [5.41, 5.74) is 1.17. The highest BCUT2D eigenvalue weighted by Gasteiger charge is 2.29. The molecule has 0 saturated carbocycles. The zero-order chi connectivity index (χ0) is 15.2. The van der Waals surface area contributed by atoms with Crippen LogP contribution in [0.2, 0.25) is 0 Å². The van der Waals surface area contributed by atoms with Crippen molar-refractivity contribution in [2.45, 2.75) is 12.8 Å². The molecule has 0 aromatic heterocycles. The fourth-order valence-corrected chi connectivity index (χ4v) is 2.75. The van der Waals surface area contributed by atoms with Crippen molar-refractivity contribution in [3.05, 3.63) is 23.8 Å². The highest BCUT2D eigenvalue weighted by atomic mass is 16.5. The van der Waals surface area contributed by atoms with Gasteiger partial charge in [-0.2, -0.15) is 0 Å². The molecule has 1 aliphatic heterocycles. The van der Waals surface area contributed by atoms with Crippen molar-refractivity contribution in [3.8, 4) is 11.5 Å². The van der Waals surface area contributed by atoms with Crippen LogP contribution in [0.25, 0.3) is 0 Å². The molecule has 0 spiro atoms. The number of benzene rings is 1. The van der Waals surface area contributed by atoms with Crippen LogP contribution in [0.4, 0.5) is 0 Å². The second-order valence-electron chi connectivity index (χ2n) is 5.30. The van der Waals surface area contributed by atoms with E-state index in [0.29, 0.717) is 25.5 Å². The number of hydrogen-bond acceptors (Lipinski definition) is 4. The molecule has 2 rings (SSSR count). The van der Waals surface area contributed by atoms with Crippen LogP contribution < -0.4 is 9.47 Å². The van der Waals surface area contributed by atoms with Crippen molar-refractivity contribution in [1.29, 1.82) is 0 Å². The number of carbonyl (C=O) groups is 1. The highest BCUT2D eigenvalue weighted by molar-refractivity contribution is 5.78. The summed E-state index contributed by atoms with van der Waals surface area (Å²) in [6, 6.07) is 5.93. The second kappa shape index (κ2) is 7.31. The molecule has 21 heavy (non-hydrogen) atoms. The van der Waals surface area contributed by atoms with Gasteiger partial charge in [-0.15, -0.1) is 0 Å². The summed E-state index contributed by atoms with van der Waals surface area (Å²) < 4.78 is 15.6. The van der Waals surface area contributed by atoms with Crippen LogP contribution in [0, 0.1) is 5.92 Å². The molecule has 1 fully saturated rings. The average molecular weight is 293 g/mol. The molecule has 5 heteroatoms. The lowest BCUT2D eigenvalue weighted by atomic mass is 9.98. The van der Waals surface area contributed by atoms with Gasteiger partial charge in [0.15, 0.2) is 11.5 Å². The number of ether oxygens (including phenoxy) is 3. The maximum Gasteiger partial charge on any atom is 0.223 e. The molecule has 0 radical (unpaired) electrons. The Morgan fingerprint density at radius 3 is 2.62 bits per heavy atom. The molecule has 1 heterocycles. The predicted molar refractivity (Wildman–Crippen MR) is 79.8 cm³/mol. The third-order valence-electron chi connectivity index (χ3n) is 3.83. The first kappa shape index (κ1) is 15.6. The Morgan fingerprint density at radius 1 is 1.19 bits per heavy atom.